The number of hydrogen-bond donors (Lipinski definition) is 2. The smallest absolute Gasteiger partial charge is 0.315 e. The topological polar surface area (TPSA) is 41.1 Å². The van der Waals surface area contributed by atoms with Crippen LogP contribution < -0.4 is 10.6 Å². The predicted octanol–water partition coefficient (Wildman–Crippen LogP) is 2.60. The second-order valence-electron chi connectivity index (χ2n) is 3.64. The molecule has 1 unspecified atom stereocenters. The highest BCUT2D eigenvalue weighted by molar-refractivity contribution is 5.74. The zero-order valence-electron chi connectivity index (χ0n) is 9.59. The fraction of sp³-hybridized carbons (Fsp3) is 0.417. The Kier molecular flexibility index (Phi) is 4.76. The molecule has 0 bridgehead atoms. The third-order valence-corrected chi connectivity index (χ3v) is 2.25. The molecule has 0 saturated carbocycles. The Bertz CT molecular complexity index is 355. The summed E-state index contributed by atoms with van der Waals surface area (Å²) in [7, 11) is 0. The van der Waals surface area contributed by atoms with Gasteiger partial charge >= 0.3 is 6.03 Å². The molecule has 16 heavy (non-hydrogen) atoms. The van der Waals surface area contributed by atoms with E-state index < -0.39 is 0 Å². The molecule has 4 heteroatoms. The van der Waals surface area contributed by atoms with Gasteiger partial charge in [-0.15, -0.1) is 0 Å². The van der Waals surface area contributed by atoms with Crippen LogP contribution in [0.5, 0.6) is 0 Å². The molecule has 2 N–H and O–H groups in total. The molecule has 0 saturated heterocycles. The van der Waals surface area contributed by atoms with Gasteiger partial charge in [-0.3, -0.25) is 0 Å². The molecule has 0 fully saturated rings. The summed E-state index contributed by atoms with van der Waals surface area (Å²) in [5.41, 5.74) is 0.495. The van der Waals surface area contributed by atoms with Crippen molar-refractivity contribution in [1.29, 1.82) is 0 Å². The van der Waals surface area contributed by atoms with Gasteiger partial charge < -0.3 is 10.6 Å². The number of hydrogen-bond acceptors (Lipinski definition) is 1. The molecule has 0 spiro atoms. The summed E-state index contributed by atoms with van der Waals surface area (Å²) in [6.45, 7) is 4.35. The van der Waals surface area contributed by atoms with Crippen LogP contribution in [0.4, 0.5) is 9.18 Å². The summed E-state index contributed by atoms with van der Waals surface area (Å²) in [6, 6.07) is 5.83. The first-order valence-corrected chi connectivity index (χ1v) is 5.44. The molecule has 88 valence electrons. The highest BCUT2D eigenvalue weighted by Crippen LogP contribution is 2.15. The van der Waals surface area contributed by atoms with E-state index in [-0.39, 0.29) is 17.9 Å². The van der Waals surface area contributed by atoms with Crippen molar-refractivity contribution in [3.8, 4) is 0 Å². The molecule has 0 aliphatic heterocycles. The van der Waals surface area contributed by atoms with Crippen molar-refractivity contribution in [3.63, 3.8) is 0 Å². The van der Waals surface area contributed by atoms with E-state index in [0.717, 1.165) is 6.42 Å². The molecule has 3 nitrogen and oxygen atoms in total. The number of amides is 2. The first-order valence-electron chi connectivity index (χ1n) is 5.44. The van der Waals surface area contributed by atoms with E-state index in [2.05, 4.69) is 10.6 Å². The maximum atomic E-state index is 13.4. The van der Waals surface area contributed by atoms with Crippen molar-refractivity contribution in [3.05, 3.63) is 35.6 Å². The Morgan fingerprint density at radius 3 is 2.75 bits per heavy atom. The lowest BCUT2D eigenvalue weighted by molar-refractivity contribution is 0.237. The lowest BCUT2D eigenvalue weighted by atomic mass is 10.1. The Hall–Kier alpha value is -1.58. The maximum absolute atomic E-state index is 13.4. The second kappa shape index (κ2) is 6.10. The first kappa shape index (κ1) is 12.5. The monoisotopic (exact) mass is 224 g/mol. The number of carbonyl (C=O) groups is 1. The molecular formula is C12H17FN2O. The van der Waals surface area contributed by atoms with E-state index in [4.69, 9.17) is 0 Å². The average Bonchev–Trinajstić information content (AvgIpc) is 2.26. The van der Waals surface area contributed by atoms with Crippen LogP contribution in [0.15, 0.2) is 24.3 Å². The van der Waals surface area contributed by atoms with E-state index in [1.54, 1.807) is 25.1 Å². The Morgan fingerprint density at radius 1 is 1.44 bits per heavy atom. The van der Waals surface area contributed by atoms with Gasteiger partial charge in [-0.2, -0.15) is 0 Å². The van der Waals surface area contributed by atoms with Gasteiger partial charge in [0.2, 0.25) is 0 Å². The van der Waals surface area contributed by atoms with Crippen LogP contribution in [0.3, 0.4) is 0 Å². The van der Waals surface area contributed by atoms with Crippen molar-refractivity contribution in [2.75, 3.05) is 6.54 Å². The van der Waals surface area contributed by atoms with Gasteiger partial charge in [-0.05, 0) is 19.4 Å². The third-order valence-electron chi connectivity index (χ3n) is 2.25. The minimum atomic E-state index is -0.335. The quantitative estimate of drug-likeness (QED) is 0.811. The molecule has 0 aliphatic carbocycles. The van der Waals surface area contributed by atoms with E-state index in [1.165, 1.54) is 6.07 Å². The largest absolute Gasteiger partial charge is 0.338 e. The van der Waals surface area contributed by atoms with Gasteiger partial charge in [0, 0.05) is 12.1 Å². The lowest BCUT2D eigenvalue weighted by Gasteiger charge is -2.15. The van der Waals surface area contributed by atoms with Crippen LogP contribution in [0.2, 0.25) is 0 Å². The summed E-state index contributed by atoms with van der Waals surface area (Å²) < 4.78 is 13.4. The molecule has 0 aliphatic rings. The van der Waals surface area contributed by atoms with Crippen molar-refractivity contribution >= 4 is 6.03 Å². The van der Waals surface area contributed by atoms with E-state index in [9.17, 15) is 9.18 Å². The average molecular weight is 224 g/mol. The number of rotatable bonds is 4. The Balaban J connectivity index is 2.55. The van der Waals surface area contributed by atoms with Gasteiger partial charge in [0.1, 0.15) is 5.82 Å². The fourth-order valence-electron chi connectivity index (χ4n) is 1.39. The van der Waals surface area contributed by atoms with Crippen LogP contribution >= 0.6 is 0 Å². The zero-order chi connectivity index (χ0) is 12.0. The molecule has 0 radical (unpaired) electrons. The van der Waals surface area contributed by atoms with Crippen molar-refractivity contribution < 1.29 is 9.18 Å². The van der Waals surface area contributed by atoms with Crippen LogP contribution in [-0.2, 0) is 0 Å². The first-order chi connectivity index (χ1) is 7.65. The van der Waals surface area contributed by atoms with Crippen LogP contribution in [0, 0.1) is 5.82 Å². The van der Waals surface area contributed by atoms with E-state index in [1.807, 2.05) is 6.92 Å². The predicted molar refractivity (Wildman–Crippen MR) is 61.6 cm³/mol. The number of halogens is 1. The molecule has 1 atom stereocenters. The van der Waals surface area contributed by atoms with Crippen molar-refractivity contribution in [2.24, 2.45) is 0 Å². The van der Waals surface area contributed by atoms with Crippen molar-refractivity contribution in [2.45, 2.75) is 26.3 Å². The minimum Gasteiger partial charge on any atom is -0.338 e. The highest BCUT2D eigenvalue weighted by Gasteiger charge is 2.12. The molecule has 1 aromatic rings. The second-order valence-corrected chi connectivity index (χ2v) is 3.64. The normalized spacial score (nSPS) is 11.9. The Morgan fingerprint density at radius 2 is 2.12 bits per heavy atom. The molecule has 2 amide bonds. The molecule has 0 heterocycles. The van der Waals surface area contributed by atoms with Gasteiger partial charge in [0.05, 0.1) is 6.04 Å². The van der Waals surface area contributed by atoms with Gasteiger partial charge in [0.15, 0.2) is 0 Å². The minimum absolute atomic E-state index is 0.266. The third kappa shape index (κ3) is 3.53. The van der Waals surface area contributed by atoms with Gasteiger partial charge in [-0.25, -0.2) is 9.18 Å². The van der Waals surface area contributed by atoms with Crippen molar-refractivity contribution in [1.82, 2.24) is 10.6 Å². The molecule has 0 aromatic heterocycles. The van der Waals surface area contributed by atoms with Crippen LogP contribution in [0.25, 0.3) is 0 Å². The van der Waals surface area contributed by atoms with Gasteiger partial charge in [-0.1, -0.05) is 25.1 Å². The standard InChI is InChI=1S/C12H17FN2O/c1-3-8-14-12(16)15-9(2)10-6-4-5-7-11(10)13/h4-7,9H,3,8H2,1-2H3,(H2,14,15,16). The number of benzene rings is 1. The zero-order valence-corrected chi connectivity index (χ0v) is 9.59. The molecule has 1 rings (SSSR count). The summed E-state index contributed by atoms with van der Waals surface area (Å²) >= 11 is 0. The Labute approximate surface area is 95.0 Å². The summed E-state index contributed by atoms with van der Waals surface area (Å²) in [6.07, 6.45) is 0.876. The van der Waals surface area contributed by atoms with E-state index >= 15 is 0 Å². The van der Waals surface area contributed by atoms with E-state index in [0.29, 0.717) is 12.1 Å². The summed E-state index contributed by atoms with van der Waals surface area (Å²) in [5, 5.41) is 5.36. The van der Waals surface area contributed by atoms with Crippen LogP contribution in [0.1, 0.15) is 31.9 Å². The summed E-state index contributed by atoms with van der Waals surface area (Å²) in [4.78, 5) is 11.4. The van der Waals surface area contributed by atoms with Crippen LogP contribution in [-0.4, -0.2) is 12.6 Å². The SMILES string of the molecule is CCCNC(=O)NC(C)c1ccccc1F. The number of carbonyl (C=O) groups excluding carboxylic acids is 1. The molecular weight excluding hydrogens is 207 g/mol. The molecule has 1 aromatic carbocycles. The number of nitrogens with one attached hydrogen (secondary N) is 2. The maximum Gasteiger partial charge on any atom is 0.315 e. The number of urea groups is 1. The summed E-state index contributed by atoms with van der Waals surface area (Å²) in [5.74, 6) is -0.300. The highest BCUT2D eigenvalue weighted by atomic mass is 19.1. The fourth-order valence-corrected chi connectivity index (χ4v) is 1.39. The lowest BCUT2D eigenvalue weighted by Crippen LogP contribution is -2.37. The van der Waals surface area contributed by atoms with Gasteiger partial charge in [0.25, 0.3) is 0 Å².